The van der Waals surface area contributed by atoms with Crippen molar-refractivity contribution in [3.63, 3.8) is 0 Å². The van der Waals surface area contributed by atoms with Crippen LogP contribution in [0.3, 0.4) is 0 Å². The maximum atomic E-state index is 12.9. The Morgan fingerprint density at radius 1 is 1.10 bits per heavy atom. The molecule has 2 aromatic carbocycles. The Morgan fingerprint density at radius 3 is 2.59 bits per heavy atom. The lowest BCUT2D eigenvalue weighted by Gasteiger charge is -2.18. The summed E-state index contributed by atoms with van der Waals surface area (Å²) in [7, 11) is 1.61. The van der Waals surface area contributed by atoms with Crippen molar-refractivity contribution in [2.75, 3.05) is 18.9 Å². The highest BCUT2D eigenvalue weighted by atomic mass is 79.9. The highest BCUT2D eigenvalue weighted by molar-refractivity contribution is 9.10. The lowest BCUT2D eigenvalue weighted by molar-refractivity contribution is -0.116. The van der Waals surface area contributed by atoms with Crippen LogP contribution in [-0.4, -0.2) is 35.3 Å². The van der Waals surface area contributed by atoms with Gasteiger partial charge < -0.3 is 10.2 Å². The summed E-state index contributed by atoms with van der Waals surface area (Å²) < 4.78 is 0.945. The Hall–Kier alpha value is -2.64. The van der Waals surface area contributed by atoms with Crippen molar-refractivity contribution < 1.29 is 9.59 Å². The summed E-state index contributed by atoms with van der Waals surface area (Å²) in [4.78, 5) is 32.1. The van der Waals surface area contributed by atoms with E-state index in [-0.39, 0.29) is 18.4 Å². The van der Waals surface area contributed by atoms with Gasteiger partial charge in [-0.2, -0.15) is 0 Å². The predicted octanol–water partition coefficient (Wildman–Crippen LogP) is 5.01. The molecule has 0 aliphatic heterocycles. The van der Waals surface area contributed by atoms with Crippen LogP contribution >= 0.6 is 27.7 Å². The van der Waals surface area contributed by atoms with Gasteiger partial charge in [-0.25, -0.2) is 4.98 Å². The molecule has 1 N–H and O–H groups in total. The van der Waals surface area contributed by atoms with Crippen LogP contribution in [0.15, 0.2) is 81.3 Å². The van der Waals surface area contributed by atoms with E-state index in [2.05, 4.69) is 26.2 Å². The minimum absolute atomic E-state index is 0.0569. The minimum atomic E-state index is -0.257. The average Bonchev–Trinajstić information content (AvgIpc) is 2.71. The highest BCUT2D eigenvalue weighted by Gasteiger charge is 2.19. The van der Waals surface area contributed by atoms with Crippen molar-refractivity contribution >= 4 is 45.2 Å². The molecule has 0 saturated heterocycles. The first-order chi connectivity index (χ1) is 13.9. The summed E-state index contributed by atoms with van der Waals surface area (Å²) in [5.74, 6) is -0.508. The standard InChI is InChI=1S/C22H20BrN3O2S/c1-15-13-16(23)10-11-19(15)25-20(27)14-26(2)22(28)18-9-6-12-24-21(18)29-17-7-4-3-5-8-17/h3-13H,14H2,1-2H3,(H,25,27). The van der Waals surface area contributed by atoms with Gasteiger partial charge in [0.25, 0.3) is 5.91 Å². The second kappa shape index (κ2) is 9.71. The fourth-order valence-corrected chi connectivity index (χ4v) is 4.06. The number of rotatable bonds is 6. The number of anilines is 1. The molecule has 2 amide bonds. The molecule has 148 valence electrons. The molecule has 0 fully saturated rings. The molecule has 0 aliphatic rings. The number of nitrogens with zero attached hydrogens (tertiary/aromatic N) is 2. The van der Waals surface area contributed by atoms with E-state index in [0.717, 1.165) is 20.6 Å². The number of benzene rings is 2. The molecule has 3 aromatic rings. The molecule has 29 heavy (non-hydrogen) atoms. The summed E-state index contributed by atoms with van der Waals surface area (Å²) in [6, 6.07) is 18.8. The lowest BCUT2D eigenvalue weighted by atomic mass is 10.2. The van der Waals surface area contributed by atoms with Gasteiger partial charge in [-0.3, -0.25) is 9.59 Å². The molecule has 0 saturated carbocycles. The van der Waals surface area contributed by atoms with E-state index in [9.17, 15) is 9.59 Å². The van der Waals surface area contributed by atoms with Crippen LogP contribution in [-0.2, 0) is 4.79 Å². The lowest BCUT2D eigenvalue weighted by Crippen LogP contribution is -2.35. The number of carbonyl (C=O) groups is 2. The number of hydrogen-bond donors (Lipinski definition) is 1. The maximum Gasteiger partial charge on any atom is 0.256 e. The minimum Gasteiger partial charge on any atom is -0.332 e. The van der Waals surface area contributed by atoms with Crippen LogP contribution < -0.4 is 5.32 Å². The van der Waals surface area contributed by atoms with Gasteiger partial charge in [0.1, 0.15) is 5.03 Å². The van der Waals surface area contributed by atoms with Crippen LogP contribution in [0.2, 0.25) is 0 Å². The van der Waals surface area contributed by atoms with E-state index in [1.54, 1.807) is 25.4 Å². The molecule has 7 heteroatoms. The van der Waals surface area contributed by atoms with Gasteiger partial charge in [-0.15, -0.1) is 0 Å². The fourth-order valence-electron chi connectivity index (χ4n) is 2.68. The van der Waals surface area contributed by atoms with E-state index in [4.69, 9.17) is 0 Å². The number of nitrogens with one attached hydrogen (secondary N) is 1. The molecule has 0 atom stereocenters. The first kappa shape index (κ1) is 21.1. The molecule has 1 heterocycles. The molecule has 0 radical (unpaired) electrons. The third kappa shape index (κ3) is 5.68. The first-order valence-electron chi connectivity index (χ1n) is 8.93. The van der Waals surface area contributed by atoms with Gasteiger partial charge in [0, 0.05) is 28.3 Å². The first-order valence-corrected chi connectivity index (χ1v) is 10.5. The van der Waals surface area contributed by atoms with Crippen molar-refractivity contribution in [1.82, 2.24) is 9.88 Å². The van der Waals surface area contributed by atoms with Crippen LogP contribution in [0.1, 0.15) is 15.9 Å². The maximum absolute atomic E-state index is 12.9. The zero-order valence-electron chi connectivity index (χ0n) is 16.1. The molecule has 0 aliphatic carbocycles. The quantitative estimate of drug-likeness (QED) is 0.550. The van der Waals surface area contributed by atoms with E-state index in [0.29, 0.717) is 10.6 Å². The van der Waals surface area contributed by atoms with Crippen LogP contribution in [0.4, 0.5) is 5.69 Å². The Balaban J connectivity index is 1.69. The number of hydrogen-bond acceptors (Lipinski definition) is 4. The summed E-state index contributed by atoms with van der Waals surface area (Å²) >= 11 is 4.83. The number of pyridine rings is 1. The van der Waals surface area contributed by atoms with Crippen molar-refractivity contribution in [2.24, 2.45) is 0 Å². The average molecular weight is 470 g/mol. The van der Waals surface area contributed by atoms with Crippen LogP contribution in [0.25, 0.3) is 0 Å². The second-order valence-corrected chi connectivity index (χ2v) is 8.42. The second-order valence-electron chi connectivity index (χ2n) is 6.44. The van der Waals surface area contributed by atoms with Gasteiger partial charge in [-0.05, 0) is 55.0 Å². The summed E-state index contributed by atoms with van der Waals surface area (Å²) in [5, 5.41) is 3.47. The molecule has 1 aromatic heterocycles. The Kier molecular flexibility index (Phi) is 7.06. The van der Waals surface area contributed by atoms with Gasteiger partial charge in [0.2, 0.25) is 5.91 Å². The molecule has 3 rings (SSSR count). The summed E-state index contributed by atoms with van der Waals surface area (Å²) in [5.41, 5.74) is 2.13. The summed E-state index contributed by atoms with van der Waals surface area (Å²) in [6.45, 7) is 1.86. The highest BCUT2D eigenvalue weighted by Crippen LogP contribution is 2.29. The number of likely N-dealkylation sites (N-methyl/N-ethyl adjacent to an activating group) is 1. The SMILES string of the molecule is Cc1cc(Br)ccc1NC(=O)CN(C)C(=O)c1cccnc1Sc1ccccc1. The third-order valence-electron chi connectivity index (χ3n) is 4.15. The van der Waals surface area contributed by atoms with Crippen LogP contribution in [0, 0.1) is 6.92 Å². The zero-order valence-corrected chi connectivity index (χ0v) is 18.5. The normalized spacial score (nSPS) is 10.4. The van der Waals surface area contributed by atoms with Crippen molar-refractivity contribution in [3.8, 4) is 0 Å². The van der Waals surface area contributed by atoms with Crippen molar-refractivity contribution in [3.05, 3.63) is 82.5 Å². The smallest absolute Gasteiger partial charge is 0.256 e. The van der Waals surface area contributed by atoms with Gasteiger partial charge >= 0.3 is 0 Å². The van der Waals surface area contributed by atoms with Crippen LogP contribution in [0.5, 0.6) is 0 Å². The van der Waals surface area contributed by atoms with E-state index in [1.807, 2.05) is 55.5 Å². The molecule has 0 spiro atoms. The topological polar surface area (TPSA) is 62.3 Å². The number of halogens is 1. The van der Waals surface area contributed by atoms with Gasteiger partial charge in [0.15, 0.2) is 0 Å². The summed E-state index contributed by atoms with van der Waals surface area (Å²) in [6.07, 6.45) is 1.66. The van der Waals surface area contributed by atoms with Gasteiger partial charge in [0.05, 0.1) is 12.1 Å². The van der Waals surface area contributed by atoms with E-state index in [1.165, 1.54) is 16.7 Å². The number of aryl methyl sites for hydroxylation is 1. The van der Waals surface area contributed by atoms with E-state index >= 15 is 0 Å². The fraction of sp³-hybridized carbons (Fsp3) is 0.136. The molecule has 0 bridgehead atoms. The van der Waals surface area contributed by atoms with Crippen molar-refractivity contribution in [2.45, 2.75) is 16.8 Å². The zero-order chi connectivity index (χ0) is 20.8. The van der Waals surface area contributed by atoms with E-state index < -0.39 is 0 Å². The van der Waals surface area contributed by atoms with Crippen molar-refractivity contribution in [1.29, 1.82) is 0 Å². The molecular weight excluding hydrogens is 450 g/mol. The largest absolute Gasteiger partial charge is 0.332 e. The third-order valence-corrected chi connectivity index (χ3v) is 5.67. The molecule has 5 nitrogen and oxygen atoms in total. The Bertz CT molecular complexity index is 1030. The number of carbonyl (C=O) groups excluding carboxylic acids is 2. The predicted molar refractivity (Wildman–Crippen MR) is 119 cm³/mol. The molecule has 0 unspecified atom stereocenters. The number of amides is 2. The Labute approximate surface area is 182 Å². The molecular formula is C22H20BrN3O2S. The Morgan fingerprint density at radius 2 is 1.86 bits per heavy atom. The monoisotopic (exact) mass is 469 g/mol. The van der Waals surface area contributed by atoms with Gasteiger partial charge in [-0.1, -0.05) is 45.9 Å². The number of aromatic nitrogens is 1.